The van der Waals surface area contributed by atoms with Gasteiger partial charge in [-0.15, -0.1) is 0 Å². The molecule has 0 amide bonds. The molecule has 2 aliphatic carbocycles. The van der Waals surface area contributed by atoms with Gasteiger partial charge in [-0.05, 0) is 51.6 Å². The number of nitrogens with one attached hydrogen (secondary N) is 1. The molecule has 2 rings (SSSR count). The lowest BCUT2D eigenvalue weighted by molar-refractivity contribution is 0.157. The maximum atomic E-state index is 3.52. The average molecular weight is 224 g/mol. The molecule has 0 bridgehead atoms. The Kier molecular flexibility index (Phi) is 4.26. The fourth-order valence-corrected chi connectivity index (χ4v) is 3.11. The van der Waals surface area contributed by atoms with Crippen molar-refractivity contribution in [3.63, 3.8) is 0 Å². The second kappa shape index (κ2) is 5.50. The predicted octanol–water partition coefficient (Wildman–Crippen LogP) is 2.64. The van der Waals surface area contributed by atoms with Crippen LogP contribution in [0.3, 0.4) is 0 Å². The van der Waals surface area contributed by atoms with Crippen molar-refractivity contribution in [3.8, 4) is 0 Å². The fourth-order valence-electron chi connectivity index (χ4n) is 3.11. The predicted molar refractivity (Wildman–Crippen MR) is 69.7 cm³/mol. The first-order valence-corrected chi connectivity index (χ1v) is 7.15. The Balaban J connectivity index is 1.90. The van der Waals surface area contributed by atoms with E-state index in [0.717, 1.165) is 24.0 Å². The lowest BCUT2D eigenvalue weighted by Gasteiger charge is -2.33. The Hall–Kier alpha value is -0.0800. The first kappa shape index (κ1) is 12.4. The molecular formula is C14H28N2. The minimum Gasteiger partial charge on any atom is -0.315 e. The Bertz CT molecular complexity index is 211. The summed E-state index contributed by atoms with van der Waals surface area (Å²) in [5.41, 5.74) is 0. The lowest BCUT2D eigenvalue weighted by atomic mass is 10.1. The summed E-state index contributed by atoms with van der Waals surface area (Å²) in [6.07, 6.45) is 8.48. The summed E-state index contributed by atoms with van der Waals surface area (Å²) in [5, 5.41) is 3.52. The monoisotopic (exact) mass is 224 g/mol. The van der Waals surface area contributed by atoms with Gasteiger partial charge >= 0.3 is 0 Å². The van der Waals surface area contributed by atoms with Gasteiger partial charge < -0.3 is 5.32 Å². The van der Waals surface area contributed by atoms with Gasteiger partial charge in [0.25, 0.3) is 0 Å². The summed E-state index contributed by atoms with van der Waals surface area (Å²) >= 11 is 0. The maximum absolute atomic E-state index is 3.52. The van der Waals surface area contributed by atoms with Gasteiger partial charge in [-0.25, -0.2) is 0 Å². The highest BCUT2D eigenvalue weighted by atomic mass is 15.2. The van der Waals surface area contributed by atoms with Crippen molar-refractivity contribution >= 4 is 0 Å². The van der Waals surface area contributed by atoms with Crippen LogP contribution in [-0.2, 0) is 0 Å². The van der Waals surface area contributed by atoms with Crippen LogP contribution < -0.4 is 5.32 Å². The highest BCUT2D eigenvalue weighted by molar-refractivity contribution is 4.96. The molecule has 0 heterocycles. The molecule has 2 aliphatic rings. The third-order valence-corrected chi connectivity index (χ3v) is 4.26. The summed E-state index contributed by atoms with van der Waals surface area (Å²) in [5.74, 6) is 0.843. The SMILES string of the molecule is CNC1CCCC1N(CCC(C)C)C1CC1. The van der Waals surface area contributed by atoms with Crippen molar-refractivity contribution < 1.29 is 0 Å². The molecule has 16 heavy (non-hydrogen) atoms. The van der Waals surface area contributed by atoms with Crippen molar-refractivity contribution in [2.75, 3.05) is 13.6 Å². The van der Waals surface area contributed by atoms with Crippen molar-refractivity contribution in [3.05, 3.63) is 0 Å². The van der Waals surface area contributed by atoms with Gasteiger partial charge in [-0.2, -0.15) is 0 Å². The number of hydrogen-bond acceptors (Lipinski definition) is 2. The van der Waals surface area contributed by atoms with Crippen LogP contribution in [0.5, 0.6) is 0 Å². The lowest BCUT2D eigenvalue weighted by Crippen LogP contribution is -2.47. The van der Waals surface area contributed by atoms with Gasteiger partial charge in [0.05, 0.1) is 0 Å². The van der Waals surface area contributed by atoms with Crippen LogP contribution in [0, 0.1) is 5.92 Å². The molecule has 2 saturated carbocycles. The largest absolute Gasteiger partial charge is 0.315 e. The Labute approximate surface area is 101 Å². The molecule has 2 unspecified atom stereocenters. The zero-order valence-corrected chi connectivity index (χ0v) is 11.2. The van der Waals surface area contributed by atoms with Gasteiger partial charge in [0.2, 0.25) is 0 Å². The van der Waals surface area contributed by atoms with E-state index in [1.807, 2.05) is 0 Å². The van der Waals surface area contributed by atoms with Crippen molar-refractivity contribution in [2.45, 2.75) is 70.5 Å². The van der Waals surface area contributed by atoms with Crippen molar-refractivity contribution in [1.29, 1.82) is 0 Å². The molecule has 0 aliphatic heterocycles. The quantitative estimate of drug-likeness (QED) is 0.746. The highest BCUT2D eigenvalue weighted by Gasteiger charge is 2.38. The van der Waals surface area contributed by atoms with Gasteiger partial charge in [0, 0.05) is 18.1 Å². The van der Waals surface area contributed by atoms with E-state index in [-0.39, 0.29) is 0 Å². The normalized spacial score (nSPS) is 30.6. The minimum atomic E-state index is 0.757. The summed E-state index contributed by atoms with van der Waals surface area (Å²) in [4.78, 5) is 2.83. The van der Waals surface area contributed by atoms with Gasteiger partial charge in [-0.3, -0.25) is 4.90 Å². The van der Waals surface area contributed by atoms with Gasteiger partial charge in [-0.1, -0.05) is 20.3 Å². The van der Waals surface area contributed by atoms with Crippen LogP contribution in [0.2, 0.25) is 0 Å². The van der Waals surface area contributed by atoms with E-state index in [9.17, 15) is 0 Å². The van der Waals surface area contributed by atoms with Crippen molar-refractivity contribution in [1.82, 2.24) is 10.2 Å². The molecule has 0 aromatic heterocycles. The first-order chi connectivity index (χ1) is 7.72. The molecule has 94 valence electrons. The van der Waals surface area contributed by atoms with Crippen LogP contribution >= 0.6 is 0 Å². The van der Waals surface area contributed by atoms with E-state index in [1.165, 1.54) is 45.1 Å². The maximum Gasteiger partial charge on any atom is 0.0252 e. The van der Waals surface area contributed by atoms with Gasteiger partial charge in [0.1, 0.15) is 0 Å². The summed E-state index contributed by atoms with van der Waals surface area (Å²) < 4.78 is 0. The van der Waals surface area contributed by atoms with Crippen LogP contribution in [0.4, 0.5) is 0 Å². The average Bonchev–Trinajstić information content (AvgIpc) is 2.96. The second-order valence-corrected chi connectivity index (χ2v) is 6.04. The molecule has 0 aromatic rings. The summed E-state index contributed by atoms with van der Waals surface area (Å²) in [7, 11) is 2.14. The Morgan fingerprint density at radius 1 is 1.19 bits per heavy atom. The topological polar surface area (TPSA) is 15.3 Å². The molecule has 0 aromatic carbocycles. The molecular weight excluding hydrogens is 196 g/mol. The second-order valence-electron chi connectivity index (χ2n) is 6.04. The summed E-state index contributed by atoms with van der Waals surface area (Å²) in [6.45, 7) is 6.01. The molecule has 2 heteroatoms. The number of rotatable bonds is 6. The number of likely N-dealkylation sites (N-methyl/N-ethyl adjacent to an activating group) is 1. The smallest absolute Gasteiger partial charge is 0.0252 e. The summed E-state index contributed by atoms with van der Waals surface area (Å²) in [6, 6.07) is 2.52. The molecule has 2 fully saturated rings. The van der Waals surface area contributed by atoms with Crippen LogP contribution in [-0.4, -0.2) is 36.6 Å². The zero-order chi connectivity index (χ0) is 11.5. The number of nitrogens with zero attached hydrogens (tertiary/aromatic N) is 1. The molecule has 0 spiro atoms. The molecule has 2 nitrogen and oxygen atoms in total. The van der Waals surface area contributed by atoms with Crippen LogP contribution in [0.15, 0.2) is 0 Å². The standard InChI is InChI=1S/C14H28N2/c1-11(2)9-10-16(12-7-8-12)14-6-4-5-13(14)15-3/h11-15H,4-10H2,1-3H3. The minimum absolute atomic E-state index is 0.757. The van der Waals surface area contributed by atoms with E-state index < -0.39 is 0 Å². The fraction of sp³-hybridized carbons (Fsp3) is 1.00. The van der Waals surface area contributed by atoms with E-state index in [4.69, 9.17) is 0 Å². The Morgan fingerprint density at radius 2 is 1.94 bits per heavy atom. The van der Waals surface area contributed by atoms with Gasteiger partial charge in [0.15, 0.2) is 0 Å². The highest BCUT2D eigenvalue weighted by Crippen LogP contribution is 2.34. The van der Waals surface area contributed by atoms with E-state index in [0.29, 0.717) is 0 Å². The van der Waals surface area contributed by atoms with E-state index >= 15 is 0 Å². The third kappa shape index (κ3) is 2.98. The van der Waals surface area contributed by atoms with Crippen LogP contribution in [0.25, 0.3) is 0 Å². The third-order valence-electron chi connectivity index (χ3n) is 4.26. The Morgan fingerprint density at radius 3 is 2.50 bits per heavy atom. The molecule has 0 saturated heterocycles. The van der Waals surface area contributed by atoms with E-state index in [2.05, 4.69) is 31.1 Å². The van der Waals surface area contributed by atoms with Crippen LogP contribution in [0.1, 0.15) is 52.4 Å². The van der Waals surface area contributed by atoms with Crippen molar-refractivity contribution in [2.24, 2.45) is 5.92 Å². The zero-order valence-electron chi connectivity index (χ0n) is 11.2. The first-order valence-electron chi connectivity index (χ1n) is 7.15. The van der Waals surface area contributed by atoms with E-state index in [1.54, 1.807) is 0 Å². The number of hydrogen-bond donors (Lipinski definition) is 1. The molecule has 0 radical (unpaired) electrons. The molecule has 1 N–H and O–H groups in total. The molecule has 2 atom stereocenters.